The van der Waals surface area contributed by atoms with Crippen LogP contribution in [-0.4, -0.2) is 28.9 Å². The van der Waals surface area contributed by atoms with Crippen molar-refractivity contribution in [3.63, 3.8) is 0 Å². The van der Waals surface area contributed by atoms with Gasteiger partial charge >= 0.3 is 5.91 Å². The van der Waals surface area contributed by atoms with E-state index in [1.807, 2.05) is 24.3 Å². The average Bonchev–Trinajstić information content (AvgIpc) is 3.51. The van der Waals surface area contributed by atoms with Crippen LogP contribution >= 0.6 is 34.5 Å². The molecule has 1 fully saturated rings. The van der Waals surface area contributed by atoms with Gasteiger partial charge in [0.05, 0.1) is 39.2 Å². The third-order valence-corrected chi connectivity index (χ3v) is 6.82. The molecule has 1 aliphatic rings. The number of amides is 1. The number of aliphatic hydroxyl groups excluding tert-OH is 1. The van der Waals surface area contributed by atoms with Crippen molar-refractivity contribution in [3.8, 4) is 5.75 Å². The van der Waals surface area contributed by atoms with Crippen molar-refractivity contribution in [1.82, 2.24) is 4.98 Å². The largest absolute Gasteiger partial charge is 0.507 e. The second-order valence-corrected chi connectivity index (χ2v) is 8.95. The van der Waals surface area contributed by atoms with Crippen LogP contribution in [0.15, 0.2) is 64.8 Å². The number of hydrogen-bond donors (Lipinski definition) is 1. The zero-order chi connectivity index (χ0) is 23.3. The number of furan rings is 1. The van der Waals surface area contributed by atoms with Gasteiger partial charge in [-0.1, -0.05) is 46.7 Å². The van der Waals surface area contributed by atoms with Crippen molar-refractivity contribution >= 4 is 67.3 Å². The van der Waals surface area contributed by atoms with E-state index in [1.54, 1.807) is 12.1 Å². The fraction of sp³-hybridized carbons (Fsp3) is 0.0870. The van der Waals surface area contributed by atoms with Crippen LogP contribution in [0.4, 0.5) is 5.13 Å². The van der Waals surface area contributed by atoms with Gasteiger partial charge in [-0.25, -0.2) is 4.98 Å². The number of carbonyl (C=O) groups is 2. The average molecular weight is 501 g/mol. The van der Waals surface area contributed by atoms with Crippen LogP contribution in [0.5, 0.6) is 5.75 Å². The Bertz CT molecular complexity index is 1390. The van der Waals surface area contributed by atoms with Gasteiger partial charge in [0, 0.05) is 5.56 Å². The highest BCUT2D eigenvalue weighted by Crippen LogP contribution is 2.45. The smallest absolute Gasteiger partial charge is 0.302 e. The van der Waals surface area contributed by atoms with E-state index >= 15 is 0 Å². The summed E-state index contributed by atoms with van der Waals surface area (Å²) in [5.74, 6) is -1.63. The summed E-state index contributed by atoms with van der Waals surface area (Å²) in [7, 11) is 1.41. The van der Waals surface area contributed by atoms with Crippen LogP contribution in [0, 0.1) is 0 Å². The van der Waals surface area contributed by atoms with Gasteiger partial charge in [-0.05, 0) is 36.4 Å². The number of nitrogens with zero attached hydrogens (tertiary/aromatic N) is 2. The number of para-hydroxylation sites is 1. The normalized spacial score (nSPS) is 17.8. The zero-order valence-electron chi connectivity index (χ0n) is 16.9. The molecule has 2 aromatic carbocycles. The van der Waals surface area contributed by atoms with Gasteiger partial charge in [-0.15, -0.1) is 0 Å². The number of halogens is 2. The monoisotopic (exact) mass is 500 g/mol. The molecule has 0 bridgehead atoms. The molecule has 166 valence electrons. The molecule has 1 saturated heterocycles. The van der Waals surface area contributed by atoms with Gasteiger partial charge in [0.1, 0.15) is 17.6 Å². The van der Waals surface area contributed by atoms with Crippen LogP contribution in [0.3, 0.4) is 0 Å². The Morgan fingerprint density at radius 1 is 1.15 bits per heavy atom. The lowest BCUT2D eigenvalue weighted by molar-refractivity contribution is -0.132. The van der Waals surface area contributed by atoms with Crippen molar-refractivity contribution < 1.29 is 23.8 Å². The van der Waals surface area contributed by atoms with Crippen molar-refractivity contribution in [2.24, 2.45) is 0 Å². The Kier molecular flexibility index (Phi) is 5.36. The highest BCUT2D eigenvalue weighted by Gasteiger charge is 2.49. The molecule has 10 heteroatoms. The molecule has 0 spiro atoms. The summed E-state index contributed by atoms with van der Waals surface area (Å²) in [5, 5.41) is 11.7. The minimum atomic E-state index is -1.03. The van der Waals surface area contributed by atoms with Gasteiger partial charge in [0.15, 0.2) is 10.9 Å². The maximum absolute atomic E-state index is 13.2. The molecule has 1 unspecified atom stereocenters. The quantitative estimate of drug-likeness (QED) is 0.215. The van der Waals surface area contributed by atoms with Crippen molar-refractivity contribution in [3.05, 3.63) is 81.7 Å². The molecule has 2 aromatic heterocycles. The number of anilines is 1. The van der Waals surface area contributed by atoms with Crippen molar-refractivity contribution in [2.75, 3.05) is 12.0 Å². The number of aliphatic hydroxyl groups is 1. The first-order chi connectivity index (χ1) is 15.9. The van der Waals surface area contributed by atoms with Gasteiger partial charge in [-0.2, -0.15) is 0 Å². The predicted octanol–water partition coefficient (Wildman–Crippen LogP) is 5.83. The summed E-state index contributed by atoms with van der Waals surface area (Å²) in [6, 6.07) is 12.4. The SMILES string of the molecule is COc1c(Cl)cc(/C(O)=C2\C(=O)C(=O)N(c3nc4ccccc4s3)C2c2ccco2)cc1Cl. The van der Waals surface area contributed by atoms with E-state index in [0.717, 1.165) is 4.70 Å². The van der Waals surface area contributed by atoms with Crippen LogP contribution < -0.4 is 9.64 Å². The molecular formula is C23H14Cl2N2O5S. The highest BCUT2D eigenvalue weighted by atomic mass is 35.5. The molecule has 4 aromatic rings. The number of ether oxygens (including phenoxy) is 1. The van der Waals surface area contributed by atoms with Gasteiger partial charge < -0.3 is 14.3 Å². The Labute approximate surface area is 201 Å². The highest BCUT2D eigenvalue weighted by molar-refractivity contribution is 7.22. The number of hydrogen-bond acceptors (Lipinski definition) is 7. The molecule has 5 rings (SSSR count). The Morgan fingerprint density at radius 3 is 2.52 bits per heavy atom. The molecule has 1 amide bonds. The van der Waals surface area contributed by atoms with E-state index in [2.05, 4.69) is 4.98 Å². The third-order valence-electron chi connectivity index (χ3n) is 5.22. The number of thiazole rings is 1. The minimum absolute atomic E-state index is 0.140. The molecule has 33 heavy (non-hydrogen) atoms. The van der Waals surface area contributed by atoms with Gasteiger partial charge in [0.25, 0.3) is 5.78 Å². The Morgan fingerprint density at radius 2 is 1.88 bits per heavy atom. The Balaban J connectivity index is 1.71. The second kappa shape index (κ2) is 8.22. The van der Waals surface area contributed by atoms with Crippen LogP contribution in [0.1, 0.15) is 17.4 Å². The maximum atomic E-state index is 13.2. The number of rotatable bonds is 4. The molecule has 3 heterocycles. The molecular weight excluding hydrogens is 487 g/mol. The van der Waals surface area contributed by atoms with E-state index in [1.165, 1.54) is 41.7 Å². The standard InChI is InChI=1S/C23H14Cl2N2O5S/c1-31-21-12(24)9-11(10-13(21)25)19(28)17-18(15-6-4-8-32-15)27(22(30)20(17)29)23-26-14-5-2-3-7-16(14)33-23/h2-10,18,28H,1H3/b19-17+. The number of aromatic nitrogens is 1. The lowest BCUT2D eigenvalue weighted by atomic mass is 9.99. The fourth-order valence-electron chi connectivity index (χ4n) is 3.76. The lowest BCUT2D eigenvalue weighted by Gasteiger charge is -2.20. The van der Waals surface area contributed by atoms with E-state index < -0.39 is 23.5 Å². The summed E-state index contributed by atoms with van der Waals surface area (Å²) in [4.78, 5) is 32.1. The number of fused-ring (bicyclic) bond motifs is 1. The van der Waals surface area contributed by atoms with E-state index in [0.29, 0.717) is 16.4 Å². The molecule has 0 aliphatic carbocycles. The molecule has 1 N–H and O–H groups in total. The van der Waals surface area contributed by atoms with Crippen LogP contribution in [0.2, 0.25) is 10.0 Å². The third kappa shape index (κ3) is 3.47. The van der Waals surface area contributed by atoms with Gasteiger partial charge in [0.2, 0.25) is 0 Å². The topological polar surface area (TPSA) is 92.9 Å². The second-order valence-electron chi connectivity index (χ2n) is 7.12. The molecule has 1 atom stereocenters. The summed E-state index contributed by atoms with van der Waals surface area (Å²) in [6.45, 7) is 0. The molecule has 1 aliphatic heterocycles. The number of Topliss-reactive ketones (excluding diaryl/α,β-unsaturated/α-hetero) is 1. The van der Waals surface area contributed by atoms with E-state index in [9.17, 15) is 14.7 Å². The number of ketones is 1. The summed E-state index contributed by atoms with van der Waals surface area (Å²) >= 11 is 13.7. The summed E-state index contributed by atoms with van der Waals surface area (Å²) in [6.07, 6.45) is 1.43. The molecule has 0 saturated carbocycles. The first-order valence-corrected chi connectivity index (χ1v) is 11.2. The lowest BCUT2D eigenvalue weighted by Crippen LogP contribution is -2.29. The summed E-state index contributed by atoms with van der Waals surface area (Å²) in [5.41, 5.74) is 0.683. The first-order valence-electron chi connectivity index (χ1n) is 9.64. The van der Waals surface area contributed by atoms with E-state index in [4.69, 9.17) is 32.4 Å². The number of benzene rings is 2. The molecule has 7 nitrogen and oxygen atoms in total. The van der Waals surface area contributed by atoms with Crippen LogP contribution in [-0.2, 0) is 9.59 Å². The van der Waals surface area contributed by atoms with E-state index in [-0.39, 0.29) is 26.9 Å². The predicted molar refractivity (Wildman–Crippen MR) is 126 cm³/mol. The van der Waals surface area contributed by atoms with Gasteiger partial charge in [-0.3, -0.25) is 14.5 Å². The van der Waals surface area contributed by atoms with Crippen molar-refractivity contribution in [1.29, 1.82) is 0 Å². The molecule has 0 radical (unpaired) electrons. The minimum Gasteiger partial charge on any atom is -0.507 e. The number of carbonyl (C=O) groups excluding carboxylic acids is 2. The van der Waals surface area contributed by atoms with Crippen molar-refractivity contribution in [2.45, 2.75) is 6.04 Å². The van der Waals surface area contributed by atoms with Crippen LogP contribution in [0.25, 0.3) is 16.0 Å². The zero-order valence-corrected chi connectivity index (χ0v) is 19.2. The fourth-order valence-corrected chi connectivity index (χ4v) is 5.39. The summed E-state index contributed by atoms with van der Waals surface area (Å²) < 4.78 is 11.5. The maximum Gasteiger partial charge on any atom is 0.302 e. The first kappa shape index (κ1) is 21.5. The number of methoxy groups -OCH3 is 1. The Hall–Kier alpha value is -3.33.